The van der Waals surface area contributed by atoms with Crippen LogP contribution in [0, 0.1) is 0 Å². The molecule has 0 bridgehead atoms. The molecule has 0 aromatic carbocycles. The summed E-state index contributed by atoms with van der Waals surface area (Å²) in [5.74, 6) is -0.0668. The zero-order valence-corrected chi connectivity index (χ0v) is 54.4. The zero-order chi connectivity index (χ0) is 57.6. The lowest BCUT2D eigenvalue weighted by molar-refractivity contribution is -0.123. The topological polar surface area (TPSA) is 69.6 Å². The van der Waals surface area contributed by atoms with Gasteiger partial charge in [0.2, 0.25) is 5.91 Å². The van der Waals surface area contributed by atoms with Crippen molar-refractivity contribution in [3.63, 3.8) is 0 Å². The van der Waals surface area contributed by atoms with Gasteiger partial charge in [-0.15, -0.1) is 0 Å². The van der Waals surface area contributed by atoms with E-state index in [0.717, 1.165) is 44.9 Å². The van der Waals surface area contributed by atoms with Gasteiger partial charge in [0, 0.05) is 6.42 Å². The van der Waals surface area contributed by atoms with Gasteiger partial charge in [-0.3, -0.25) is 4.79 Å². The van der Waals surface area contributed by atoms with E-state index in [0.29, 0.717) is 6.42 Å². The molecule has 0 aliphatic heterocycles. The maximum Gasteiger partial charge on any atom is 0.220 e. The van der Waals surface area contributed by atoms with Crippen molar-refractivity contribution in [3.8, 4) is 0 Å². The van der Waals surface area contributed by atoms with Crippen LogP contribution in [0.5, 0.6) is 0 Å². The molecule has 2 unspecified atom stereocenters. The van der Waals surface area contributed by atoms with Gasteiger partial charge in [0.1, 0.15) is 0 Å². The molecule has 0 radical (unpaired) electrons. The first-order valence-electron chi connectivity index (χ1n) is 36.5. The summed E-state index contributed by atoms with van der Waals surface area (Å²) in [7, 11) is 0. The normalized spacial score (nSPS) is 13.0. The zero-order valence-electron chi connectivity index (χ0n) is 54.4. The number of unbranched alkanes of at least 4 members (excludes halogenated alkanes) is 53. The second-order valence-corrected chi connectivity index (χ2v) is 25.0. The quantitative estimate of drug-likeness (QED) is 0.0420. The smallest absolute Gasteiger partial charge is 0.220 e. The number of carbonyl (C=O) groups excluding carboxylic acids is 1. The van der Waals surface area contributed by atoms with Gasteiger partial charge in [-0.05, 0) is 70.6 Å². The first-order chi connectivity index (χ1) is 39.7. The van der Waals surface area contributed by atoms with E-state index in [9.17, 15) is 15.0 Å². The molecule has 0 rings (SSSR count). The molecule has 0 aromatic rings. The van der Waals surface area contributed by atoms with Gasteiger partial charge < -0.3 is 15.5 Å². The van der Waals surface area contributed by atoms with Crippen LogP contribution >= 0.6 is 0 Å². The van der Waals surface area contributed by atoms with E-state index in [1.54, 1.807) is 6.08 Å². The van der Waals surface area contributed by atoms with Crippen LogP contribution < -0.4 is 5.32 Å². The summed E-state index contributed by atoms with van der Waals surface area (Å²) in [5.41, 5.74) is 0. The molecule has 0 aromatic heterocycles. The molecular formula is C76H143NO3. The summed E-state index contributed by atoms with van der Waals surface area (Å²) in [6, 6.07) is -0.641. The van der Waals surface area contributed by atoms with Crippen LogP contribution in [-0.2, 0) is 4.79 Å². The fraction of sp³-hybridized carbons (Fsp3) is 0.855. The van der Waals surface area contributed by atoms with Gasteiger partial charge in [-0.1, -0.05) is 383 Å². The Labute approximate surface area is 502 Å². The highest BCUT2D eigenvalue weighted by atomic mass is 16.3. The lowest BCUT2D eigenvalue weighted by atomic mass is 10.0. The molecule has 0 aliphatic rings. The fourth-order valence-electron chi connectivity index (χ4n) is 11.4. The third-order valence-corrected chi connectivity index (χ3v) is 17.0. The van der Waals surface area contributed by atoms with E-state index in [1.165, 1.54) is 334 Å². The Hall–Kier alpha value is -1.91. The number of aliphatic hydroxyl groups excluding tert-OH is 2. The molecule has 4 nitrogen and oxygen atoms in total. The first kappa shape index (κ1) is 78.1. The van der Waals surface area contributed by atoms with Crippen molar-refractivity contribution >= 4 is 5.91 Å². The molecule has 1 amide bonds. The van der Waals surface area contributed by atoms with Crippen LogP contribution in [0.2, 0.25) is 0 Å². The van der Waals surface area contributed by atoms with Crippen LogP contribution in [-0.4, -0.2) is 34.9 Å². The van der Waals surface area contributed by atoms with Crippen molar-refractivity contribution in [1.29, 1.82) is 0 Å². The maximum absolute atomic E-state index is 12.5. The minimum absolute atomic E-state index is 0.0668. The molecule has 0 fully saturated rings. The highest BCUT2D eigenvalue weighted by Gasteiger charge is 2.18. The van der Waals surface area contributed by atoms with Crippen molar-refractivity contribution in [1.82, 2.24) is 5.32 Å². The summed E-state index contributed by atoms with van der Waals surface area (Å²) in [5, 5.41) is 23.3. The molecule has 470 valence electrons. The Bertz CT molecular complexity index is 1310. The Morgan fingerprint density at radius 1 is 0.300 bits per heavy atom. The summed E-state index contributed by atoms with van der Waals surface area (Å²) in [4.78, 5) is 12.5. The molecule has 2 atom stereocenters. The van der Waals surface area contributed by atoms with Gasteiger partial charge in [-0.25, -0.2) is 0 Å². The second-order valence-electron chi connectivity index (χ2n) is 25.0. The first-order valence-corrected chi connectivity index (χ1v) is 36.5. The van der Waals surface area contributed by atoms with Crippen molar-refractivity contribution in [2.45, 2.75) is 411 Å². The number of hydrogen-bond acceptors (Lipinski definition) is 3. The number of allylic oxidation sites excluding steroid dienone is 9. The minimum atomic E-state index is -0.865. The van der Waals surface area contributed by atoms with Crippen LogP contribution in [0.4, 0.5) is 0 Å². The van der Waals surface area contributed by atoms with Gasteiger partial charge in [0.05, 0.1) is 18.8 Å². The molecule has 4 heteroatoms. The van der Waals surface area contributed by atoms with E-state index in [-0.39, 0.29) is 12.5 Å². The monoisotopic (exact) mass is 1120 g/mol. The Kier molecular flexibility index (Phi) is 69.6. The van der Waals surface area contributed by atoms with Crippen LogP contribution in [0.3, 0.4) is 0 Å². The molecule has 80 heavy (non-hydrogen) atoms. The minimum Gasteiger partial charge on any atom is -0.394 e. The molecule has 3 N–H and O–H groups in total. The van der Waals surface area contributed by atoms with E-state index < -0.39 is 12.1 Å². The van der Waals surface area contributed by atoms with Crippen LogP contribution in [0.25, 0.3) is 0 Å². The average Bonchev–Trinajstić information content (AvgIpc) is 3.46. The summed E-state index contributed by atoms with van der Waals surface area (Å²) in [6.45, 7) is 4.33. The highest BCUT2D eigenvalue weighted by Crippen LogP contribution is 2.19. The number of aliphatic hydroxyl groups is 2. The van der Waals surface area contributed by atoms with E-state index in [4.69, 9.17) is 0 Å². The SMILES string of the molecule is CCCCCCC/C=C\C/C=C\C/C=C\CCCCCCCCCCCCCCCCCCCCCCCCC(=O)NC(CO)C(O)/C=C/CC/C=C/CCCCCCCCCCCCCCCCCCCCCCCCCCC. The number of amides is 1. The number of hydrogen-bond donors (Lipinski definition) is 3. The van der Waals surface area contributed by atoms with Crippen molar-refractivity contribution in [2.24, 2.45) is 0 Å². The Balaban J connectivity index is 3.45. The summed E-state index contributed by atoms with van der Waals surface area (Å²) < 4.78 is 0. The number of rotatable bonds is 68. The molecular weight excluding hydrogens is 975 g/mol. The largest absolute Gasteiger partial charge is 0.394 e. The predicted octanol–water partition coefficient (Wildman–Crippen LogP) is 25.1. The third-order valence-electron chi connectivity index (χ3n) is 17.0. The standard InChI is InChI=1S/C76H143NO3/c1-3-5-7-9-11-13-15-17-19-21-23-25-27-29-31-33-35-36-37-38-39-40-42-44-46-48-50-52-54-56-58-60-62-64-66-68-70-72-76(80)77-74(73-78)75(79)71-69-67-65-63-61-59-57-55-53-51-49-47-45-43-41-34-32-30-28-26-24-22-20-18-16-14-12-10-8-6-4-2/h15,17,21,23,27,29,61,63,69,71,74-75,78-79H,3-14,16,18-20,22,24-26,28,30-60,62,64-68,70,72-73H2,1-2H3,(H,77,80)/b17-15-,23-21-,29-27-,63-61+,71-69+. The fourth-order valence-corrected chi connectivity index (χ4v) is 11.4. The summed E-state index contributed by atoms with van der Waals surface area (Å²) >= 11 is 0. The van der Waals surface area contributed by atoms with Crippen LogP contribution in [0.1, 0.15) is 399 Å². The van der Waals surface area contributed by atoms with Gasteiger partial charge >= 0.3 is 0 Å². The van der Waals surface area contributed by atoms with Gasteiger partial charge in [0.15, 0.2) is 0 Å². The Morgan fingerprint density at radius 3 is 0.812 bits per heavy atom. The number of nitrogens with one attached hydrogen (secondary N) is 1. The van der Waals surface area contributed by atoms with Crippen molar-refractivity contribution in [3.05, 3.63) is 60.8 Å². The summed E-state index contributed by atoms with van der Waals surface area (Å²) in [6.07, 6.45) is 102. The molecule has 0 saturated carbocycles. The molecule has 0 heterocycles. The maximum atomic E-state index is 12.5. The van der Waals surface area contributed by atoms with Gasteiger partial charge in [0.25, 0.3) is 0 Å². The average molecular weight is 1120 g/mol. The van der Waals surface area contributed by atoms with Crippen molar-refractivity contribution in [2.75, 3.05) is 6.61 Å². The van der Waals surface area contributed by atoms with Gasteiger partial charge in [-0.2, -0.15) is 0 Å². The number of carbonyl (C=O) groups is 1. The highest BCUT2D eigenvalue weighted by molar-refractivity contribution is 5.76. The molecule has 0 aliphatic carbocycles. The molecule has 0 saturated heterocycles. The van der Waals surface area contributed by atoms with Crippen LogP contribution in [0.15, 0.2) is 60.8 Å². The second kappa shape index (κ2) is 71.4. The lowest BCUT2D eigenvalue weighted by Gasteiger charge is -2.19. The van der Waals surface area contributed by atoms with E-state index in [2.05, 4.69) is 67.8 Å². The third kappa shape index (κ3) is 66.9. The molecule has 0 spiro atoms. The van der Waals surface area contributed by atoms with E-state index in [1.807, 2.05) is 6.08 Å². The Morgan fingerprint density at radius 2 is 0.525 bits per heavy atom. The van der Waals surface area contributed by atoms with E-state index >= 15 is 0 Å². The predicted molar refractivity (Wildman–Crippen MR) is 359 cm³/mol. The lowest BCUT2D eigenvalue weighted by Crippen LogP contribution is -2.45. The van der Waals surface area contributed by atoms with Crippen molar-refractivity contribution < 1.29 is 15.0 Å².